The molecule has 0 aliphatic heterocycles. The predicted octanol–water partition coefficient (Wildman–Crippen LogP) is 4.95. The summed E-state index contributed by atoms with van der Waals surface area (Å²) in [5.74, 6) is 0. The van der Waals surface area contributed by atoms with E-state index < -0.39 is 7.26 Å². The third kappa shape index (κ3) is 2.95. The van der Waals surface area contributed by atoms with E-state index in [2.05, 4.69) is 117 Å². The molecule has 3 rings (SSSR count). The first-order chi connectivity index (χ1) is 11.8. The monoisotopic (exact) mass is 331 g/mol. The smallest absolute Gasteiger partial charge is 0.0878 e. The van der Waals surface area contributed by atoms with Gasteiger partial charge < -0.3 is 0 Å². The minimum Gasteiger partial charge on any atom is -0.0878 e. The summed E-state index contributed by atoms with van der Waals surface area (Å²) in [6.07, 6.45) is 4.55. The van der Waals surface area contributed by atoms with Crippen LogP contribution < -0.4 is 15.9 Å². The van der Waals surface area contributed by atoms with Gasteiger partial charge in [-0.15, -0.1) is 0 Å². The van der Waals surface area contributed by atoms with Crippen LogP contribution in [0.15, 0.2) is 103 Å². The number of rotatable bonds is 5. The van der Waals surface area contributed by atoms with Gasteiger partial charge in [-0.2, -0.15) is 0 Å². The maximum atomic E-state index is 2.36. The summed E-state index contributed by atoms with van der Waals surface area (Å²) in [5.41, 5.74) is 0.440. The highest BCUT2D eigenvalue weighted by molar-refractivity contribution is 7.96. The van der Waals surface area contributed by atoms with E-state index >= 15 is 0 Å². The van der Waals surface area contributed by atoms with Gasteiger partial charge in [-0.3, -0.25) is 0 Å². The van der Waals surface area contributed by atoms with E-state index in [1.165, 1.54) is 15.9 Å². The van der Waals surface area contributed by atoms with Crippen LogP contribution in [0.1, 0.15) is 13.8 Å². The quantitative estimate of drug-likeness (QED) is 0.459. The Morgan fingerprint density at radius 1 is 0.625 bits per heavy atom. The lowest BCUT2D eigenvalue weighted by molar-refractivity contribution is 1.21. The van der Waals surface area contributed by atoms with Crippen molar-refractivity contribution in [1.29, 1.82) is 0 Å². The zero-order valence-electron chi connectivity index (χ0n) is 14.3. The molecule has 0 fully saturated rings. The van der Waals surface area contributed by atoms with Crippen LogP contribution in [-0.2, 0) is 0 Å². The molecular formula is C23H24P+. The van der Waals surface area contributed by atoms with Crippen molar-refractivity contribution in [2.75, 3.05) is 0 Å². The lowest BCUT2D eigenvalue weighted by atomic mass is 10.3. The van der Waals surface area contributed by atoms with Gasteiger partial charge in [0, 0.05) is 0 Å². The second-order valence-electron chi connectivity index (χ2n) is 6.00. The second kappa shape index (κ2) is 7.60. The fraction of sp³-hybridized carbons (Fsp3) is 0.130. The van der Waals surface area contributed by atoms with Crippen molar-refractivity contribution in [1.82, 2.24) is 0 Å². The molecule has 0 aliphatic rings. The first kappa shape index (κ1) is 16.7. The van der Waals surface area contributed by atoms with E-state index in [0.717, 1.165) is 0 Å². The van der Waals surface area contributed by atoms with E-state index in [-0.39, 0.29) is 0 Å². The van der Waals surface area contributed by atoms with Crippen molar-refractivity contribution >= 4 is 23.2 Å². The molecule has 0 radical (unpaired) electrons. The van der Waals surface area contributed by atoms with Gasteiger partial charge >= 0.3 is 0 Å². The van der Waals surface area contributed by atoms with Gasteiger partial charge in [0.05, 0.1) is 5.66 Å². The van der Waals surface area contributed by atoms with E-state index in [0.29, 0.717) is 5.66 Å². The highest BCUT2D eigenvalue weighted by atomic mass is 31.2. The molecule has 0 saturated heterocycles. The van der Waals surface area contributed by atoms with Crippen LogP contribution in [0, 0.1) is 0 Å². The minimum absolute atomic E-state index is 0.440. The summed E-state index contributed by atoms with van der Waals surface area (Å²) in [7, 11) is -1.75. The molecular weight excluding hydrogens is 307 g/mol. The van der Waals surface area contributed by atoms with Crippen LogP contribution in [-0.4, -0.2) is 5.66 Å². The summed E-state index contributed by atoms with van der Waals surface area (Å²) in [5, 5.41) is 4.31. The van der Waals surface area contributed by atoms with Gasteiger partial charge in [-0.25, -0.2) is 0 Å². The Morgan fingerprint density at radius 2 is 0.958 bits per heavy atom. The first-order valence-corrected chi connectivity index (χ1v) is 10.3. The molecule has 3 aromatic carbocycles. The summed E-state index contributed by atoms with van der Waals surface area (Å²) in [4.78, 5) is 0. The van der Waals surface area contributed by atoms with Gasteiger partial charge in [0.1, 0.15) is 23.2 Å². The second-order valence-corrected chi connectivity index (χ2v) is 9.80. The molecule has 0 spiro atoms. The molecule has 0 saturated carbocycles. The normalized spacial score (nSPS) is 13.1. The van der Waals surface area contributed by atoms with E-state index in [1.807, 2.05) is 0 Å². The first-order valence-electron chi connectivity index (χ1n) is 8.48. The third-order valence-corrected chi connectivity index (χ3v) is 9.30. The zero-order valence-corrected chi connectivity index (χ0v) is 15.2. The Bertz CT molecular complexity index is 679. The summed E-state index contributed by atoms with van der Waals surface area (Å²) in [6, 6.07) is 33.1. The Kier molecular flexibility index (Phi) is 5.28. The standard InChI is InChI=1S/C23H24P/c1-3-13-20(2)24(21-14-7-4-8-15-21,22-16-9-5-10-17-22)23-18-11-6-12-19-23/h3-20H,1-2H3/q+1/b13-3+. The largest absolute Gasteiger partial charge is 0.118 e. The molecule has 0 bridgehead atoms. The van der Waals surface area contributed by atoms with E-state index in [4.69, 9.17) is 0 Å². The maximum Gasteiger partial charge on any atom is 0.118 e. The fourth-order valence-corrected chi connectivity index (χ4v) is 8.21. The topological polar surface area (TPSA) is 0 Å². The van der Waals surface area contributed by atoms with Crippen LogP contribution in [0.5, 0.6) is 0 Å². The van der Waals surface area contributed by atoms with Crippen LogP contribution in [0.2, 0.25) is 0 Å². The Morgan fingerprint density at radius 3 is 1.25 bits per heavy atom. The molecule has 24 heavy (non-hydrogen) atoms. The van der Waals surface area contributed by atoms with Crippen molar-refractivity contribution in [3.05, 3.63) is 103 Å². The molecule has 0 aliphatic carbocycles. The zero-order chi connectivity index (χ0) is 16.8. The minimum atomic E-state index is -1.75. The van der Waals surface area contributed by atoms with Crippen LogP contribution >= 0.6 is 7.26 Å². The fourth-order valence-electron chi connectivity index (χ4n) is 3.55. The molecule has 0 aromatic heterocycles. The van der Waals surface area contributed by atoms with Crippen molar-refractivity contribution < 1.29 is 0 Å². The van der Waals surface area contributed by atoms with Gasteiger partial charge in [-0.1, -0.05) is 60.7 Å². The third-order valence-electron chi connectivity index (χ3n) is 4.57. The predicted molar refractivity (Wildman–Crippen MR) is 109 cm³/mol. The summed E-state index contributed by atoms with van der Waals surface area (Å²) < 4.78 is 0. The number of hydrogen-bond donors (Lipinski definition) is 0. The molecule has 1 unspecified atom stereocenters. The molecule has 0 nitrogen and oxygen atoms in total. The molecule has 1 heteroatoms. The lowest BCUT2D eigenvalue weighted by Crippen LogP contribution is -2.36. The lowest BCUT2D eigenvalue weighted by Gasteiger charge is -2.31. The van der Waals surface area contributed by atoms with Gasteiger partial charge in [0.25, 0.3) is 0 Å². The molecule has 0 N–H and O–H groups in total. The van der Waals surface area contributed by atoms with E-state index in [9.17, 15) is 0 Å². The number of allylic oxidation sites excluding steroid dienone is 2. The van der Waals surface area contributed by atoms with Gasteiger partial charge in [0.2, 0.25) is 0 Å². The Labute approximate surface area is 146 Å². The van der Waals surface area contributed by atoms with Crippen molar-refractivity contribution in [2.45, 2.75) is 19.5 Å². The van der Waals surface area contributed by atoms with Gasteiger partial charge in [-0.05, 0) is 56.3 Å². The SMILES string of the molecule is C/C=C/C(C)[P+](c1ccccc1)(c1ccccc1)c1ccccc1. The molecule has 0 amide bonds. The highest BCUT2D eigenvalue weighted by Crippen LogP contribution is 2.59. The van der Waals surface area contributed by atoms with Crippen molar-refractivity contribution in [3.63, 3.8) is 0 Å². The highest BCUT2D eigenvalue weighted by Gasteiger charge is 2.49. The molecule has 120 valence electrons. The number of benzene rings is 3. The average molecular weight is 331 g/mol. The van der Waals surface area contributed by atoms with Gasteiger partial charge in [0.15, 0.2) is 0 Å². The Hall–Kier alpha value is -2.17. The molecule has 0 heterocycles. The van der Waals surface area contributed by atoms with E-state index in [1.54, 1.807) is 0 Å². The van der Waals surface area contributed by atoms with Crippen LogP contribution in [0.3, 0.4) is 0 Å². The molecule has 1 atom stereocenters. The summed E-state index contributed by atoms with van der Waals surface area (Å²) >= 11 is 0. The van der Waals surface area contributed by atoms with Crippen molar-refractivity contribution in [2.24, 2.45) is 0 Å². The Balaban J connectivity index is 2.37. The summed E-state index contributed by atoms with van der Waals surface area (Å²) in [6.45, 7) is 4.48. The maximum absolute atomic E-state index is 2.36. The number of hydrogen-bond acceptors (Lipinski definition) is 0. The van der Waals surface area contributed by atoms with Crippen LogP contribution in [0.4, 0.5) is 0 Å². The molecule has 3 aromatic rings. The van der Waals surface area contributed by atoms with Crippen LogP contribution in [0.25, 0.3) is 0 Å². The van der Waals surface area contributed by atoms with Crippen molar-refractivity contribution in [3.8, 4) is 0 Å². The average Bonchev–Trinajstić information content (AvgIpc) is 2.65.